The van der Waals surface area contributed by atoms with Gasteiger partial charge >= 0.3 is 5.69 Å². The van der Waals surface area contributed by atoms with Crippen LogP contribution >= 0.6 is 0 Å². The van der Waals surface area contributed by atoms with Crippen molar-refractivity contribution >= 4 is 22.6 Å². The van der Waals surface area contributed by atoms with Crippen LogP contribution in [0.4, 0.5) is 5.69 Å². The van der Waals surface area contributed by atoms with Gasteiger partial charge in [-0.2, -0.15) is 0 Å². The Labute approximate surface area is 171 Å². The lowest BCUT2D eigenvalue weighted by Gasteiger charge is -2.27. The maximum atomic E-state index is 12.7. The van der Waals surface area contributed by atoms with Crippen LogP contribution in [0.1, 0.15) is 57.7 Å². The minimum Gasteiger partial charge on any atom is -0.325 e. The largest absolute Gasteiger partial charge is 0.325 e. The summed E-state index contributed by atoms with van der Waals surface area (Å²) in [4.78, 5) is 29.5. The molecular weight excluding hydrogens is 364 g/mol. The average molecular weight is 395 g/mol. The number of imidazole rings is 1. The molecule has 2 aromatic carbocycles. The number of anilines is 1. The van der Waals surface area contributed by atoms with Crippen molar-refractivity contribution in [2.45, 2.75) is 52.6 Å². The van der Waals surface area contributed by atoms with Crippen LogP contribution in [0.3, 0.4) is 0 Å². The first kappa shape index (κ1) is 20.9. The zero-order valence-electron chi connectivity index (χ0n) is 17.7. The Morgan fingerprint density at radius 3 is 2.10 bits per heavy atom. The zero-order chi connectivity index (χ0) is 21.1. The summed E-state index contributed by atoms with van der Waals surface area (Å²) in [6.07, 6.45) is 0. The molecule has 4 N–H and O–H groups in total. The fraction of sp³-hybridized carbons (Fsp3) is 0.391. The molecule has 0 aliphatic rings. The summed E-state index contributed by atoms with van der Waals surface area (Å²) < 4.78 is 0. The molecule has 2 atom stereocenters. The number of nitrogens with one attached hydrogen (secondary N) is 4. The first-order chi connectivity index (χ1) is 13.7. The molecule has 29 heavy (non-hydrogen) atoms. The van der Waals surface area contributed by atoms with Gasteiger partial charge in [0.05, 0.1) is 17.1 Å². The van der Waals surface area contributed by atoms with E-state index in [9.17, 15) is 9.59 Å². The van der Waals surface area contributed by atoms with Crippen LogP contribution in [0, 0.1) is 5.92 Å². The summed E-state index contributed by atoms with van der Waals surface area (Å²) in [5, 5.41) is 6.39. The highest BCUT2D eigenvalue weighted by atomic mass is 16.2. The first-order valence-electron chi connectivity index (χ1n) is 10.1. The van der Waals surface area contributed by atoms with Gasteiger partial charge in [0.2, 0.25) is 5.91 Å². The van der Waals surface area contributed by atoms with Gasteiger partial charge in [-0.05, 0) is 48.1 Å². The number of aromatic nitrogens is 2. The molecule has 0 unspecified atom stereocenters. The Hall–Kier alpha value is -2.86. The van der Waals surface area contributed by atoms with Crippen LogP contribution < -0.4 is 16.3 Å². The van der Waals surface area contributed by atoms with E-state index in [4.69, 9.17) is 0 Å². The lowest BCUT2D eigenvalue weighted by Crippen LogP contribution is -2.41. The van der Waals surface area contributed by atoms with Crippen LogP contribution in [0.2, 0.25) is 0 Å². The molecule has 3 rings (SSSR count). The molecule has 1 aromatic heterocycles. The second-order valence-electron chi connectivity index (χ2n) is 8.26. The summed E-state index contributed by atoms with van der Waals surface area (Å²) in [5.41, 5.74) is 4.24. The summed E-state index contributed by atoms with van der Waals surface area (Å²) >= 11 is 0. The SMILES string of the molecule is CC(C)c1ccc([C@@H](N[C@H](C)C(=O)Nc2ccc3[nH]c(=O)[nH]c3c2)C(C)C)cc1. The monoisotopic (exact) mass is 394 g/mol. The molecule has 1 amide bonds. The van der Waals surface area contributed by atoms with E-state index in [1.54, 1.807) is 18.2 Å². The van der Waals surface area contributed by atoms with E-state index >= 15 is 0 Å². The Bertz CT molecular complexity index is 1030. The second kappa shape index (κ2) is 8.66. The number of aromatic amines is 2. The average Bonchev–Trinajstić information content (AvgIpc) is 3.05. The molecule has 0 aliphatic carbocycles. The number of carbonyl (C=O) groups is 1. The molecule has 0 bridgehead atoms. The van der Waals surface area contributed by atoms with Gasteiger partial charge in [-0.25, -0.2) is 4.79 Å². The number of benzene rings is 2. The highest BCUT2D eigenvalue weighted by molar-refractivity contribution is 5.96. The van der Waals surface area contributed by atoms with Gasteiger partial charge in [-0.3, -0.25) is 10.1 Å². The summed E-state index contributed by atoms with van der Waals surface area (Å²) in [7, 11) is 0. The molecule has 3 aromatic rings. The van der Waals surface area contributed by atoms with Crippen LogP contribution in [0.5, 0.6) is 0 Å². The Morgan fingerprint density at radius 2 is 1.48 bits per heavy atom. The molecule has 0 spiro atoms. The highest BCUT2D eigenvalue weighted by Crippen LogP contribution is 2.25. The van der Waals surface area contributed by atoms with Crippen LogP contribution in [0.15, 0.2) is 47.3 Å². The molecule has 0 saturated heterocycles. The Morgan fingerprint density at radius 1 is 0.862 bits per heavy atom. The van der Waals surface area contributed by atoms with E-state index in [-0.39, 0.29) is 23.7 Å². The standard InChI is InChI=1S/C23H30N4O2/c1-13(2)16-6-8-17(9-7-16)21(14(3)4)24-15(5)22(28)25-18-10-11-19-20(12-18)27-23(29)26-19/h6-15,21,24H,1-5H3,(H,25,28)(H2,26,27,29)/t15-,21+/m1/s1. The van der Waals surface area contributed by atoms with Gasteiger partial charge in [0, 0.05) is 11.7 Å². The van der Waals surface area contributed by atoms with E-state index in [1.807, 2.05) is 6.92 Å². The molecule has 0 fully saturated rings. The van der Waals surface area contributed by atoms with Crippen LogP contribution in [-0.4, -0.2) is 21.9 Å². The van der Waals surface area contributed by atoms with Gasteiger partial charge in [0.1, 0.15) is 0 Å². The third kappa shape index (κ3) is 4.95. The molecule has 1 heterocycles. The van der Waals surface area contributed by atoms with E-state index in [0.29, 0.717) is 28.6 Å². The smallest absolute Gasteiger partial charge is 0.323 e. The first-order valence-corrected chi connectivity index (χ1v) is 10.1. The Balaban J connectivity index is 1.70. The number of amides is 1. The zero-order valence-corrected chi connectivity index (χ0v) is 17.7. The predicted molar refractivity (Wildman–Crippen MR) is 118 cm³/mol. The maximum absolute atomic E-state index is 12.7. The number of rotatable bonds is 7. The molecule has 0 saturated carbocycles. The van der Waals surface area contributed by atoms with Gasteiger partial charge < -0.3 is 15.3 Å². The third-order valence-electron chi connectivity index (χ3n) is 5.24. The van der Waals surface area contributed by atoms with Gasteiger partial charge in [-0.1, -0.05) is 52.0 Å². The van der Waals surface area contributed by atoms with Crippen molar-refractivity contribution in [1.82, 2.24) is 15.3 Å². The minimum absolute atomic E-state index is 0.0699. The topological polar surface area (TPSA) is 89.8 Å². The van der Waals surface area contributed by atoms with E-state index in [2.05, 4.69) is 72.6 Å². The minimum atomic E-state index is -0.381. The van der Waals surface area contributed by atoms with Crippen molar-refractivity contribution in [3.05, 3.63) is 64.1 Å². The number of H-pyrrole nitrogens is 2. The Kier molecular flexibility index (Phi) is 6.23. The second-order valence-corrected chi connectivity index (χ2v) is 8.26. The van der Waals surface area contributed by atoms with E-state index < -0.39 is 0 Å². The normalized spacial score (nSPS) is 13.8. The van der Waals surface area contributed by atoms with E-state index in [0.717, 1.165) is 0 Å². The highest BCUT2D eigenvalue weighted by Gasteiger charge is 2.22. The quantitative estimate of drug-likeness (QED) is 0.482. The van der Waals surface area contributed by atoms with Crippen molar-refractivity contribution < 1.29 is 4.79 Å². The number of carbonyl (C=O) groups excluding carboxylic acids is 1. The molecule has 6 nitrogen and oxygen atoms in total. The van der Waals surface area contributed by atoms with Crippen molar-refractivity contribution in [3.63, 3.8) is 0 Å². The summed E-state index contributed by atoms with van der Waals surface area (Å²) in [6, 6.07) is 13.6. The summed E-state index contributed by atoms with van der Waals surface area (Å²) in [6.45, 7) is 10.5. The number of fused-ring (bicyclic) bond motifs is 1. The van der Waals surface area contributed by atoms with Gasteiger partial charge in [-0.15, -0.1) is 0 Å². The number of hydrogen-bond acceptors (Lipinski definition) is 3. The van der Waals surface area contributed by atoms with Crippen LogP contribution in [0.25, 0.3) is 11.0 Å². The third-order valence-corrected chi connectivity index (χ3v) is 5.24. The van der Waals surface area contributed by atoms with Crippen molar-refractivity contribution in [1.29, 1.82) is 0 Å². The maximum Gasteiger partial charge on any atom is 0.323 e. The van der Waals surface area contributed by atoms with E-state index in [1.165, 1.54) is 11.1 Å². The molecule has 6 heteroatoms. The summed E-state index contributed by atoms with van der Waals surface area (Å²) in [5.74, 6) is 0.703. The van der Waals surface area contributed by atoms with Gasteiger partial charge in [0.25, 0.3) is 0 Å². The fourth-order valence-corrected chi connectivity index (χ4v) is 3.47. The van der Waals surface area contributed by atoms with Gasteiger partial charge in [0.15, 0.2) is 0 Å². The molecule has 154 valence electrons. The predicted octanol–water partition coefficient (Wildman–Crippen LogP) is 4.29. The fourth-order valence-electron chi connectivity index (χ4n) is 3.47. The van der Waals surface area contributed by atoms with Crippen molar-refractivity contribution in [2.75, 3.05) is 5.32 Å². The molecule has 0 radical (unpaired) electrons. The lowest BCUT2D eigenvalue weighted by atomic mass is 9.93. The number of hydrogen-bond donors (Lipinski definition) is 4. The lowest BCUT2D eigenvalue weighted by molar-refractivity contribution is -0.118. The van der Waals surface area contributed by atoms with Crippen molar-refractivity contribution in [2.24, 2.45) is 5.92 Å². The van der Waals surface area contributed by atoms with Crippen LogP contribution in [-0.2, 0) is 4.79 Å². The molecular formula is C23H30N4O2. The van der Waals surface area contributed by atoms with Crippen molar-refractivity contribution in [3.8, 4) is 0 Å². The molecule has 0 aliphatic heterocycles.